The lowest BCUT2D eigenvalue weighted by Crippen LogP contribution is -1.92. The van der Waals surface area contributed by atoms with Crippen LogP contribution in [-0.2, 0) is 0 Å². The molecule has 18 heavy (non-hydrogen) atoms. The Morgan fingerprint density at radius 2 is 2.00 bits per heavy atom. The zero-order valence-corrected chi connectivity index (χ0v) is 11.2. The van der Waals surface area contributed by atoms with Crippen molar-refractivity contribution in [1.82, 2.24) is 10.2 Å². The van der Waals surface area contributed by atoms with E-state index in [0.717, 1.165) is 16.3 Å². The minimum absolute atomic E-state index is 0.400. The average molecular weight is 255 g/mol. The van der Waals surface area contributed by atoms with Gasteiger partial charge in [-0.25, -0.2) is 0 Å². The Kier molecular flexibility index (Phi) is 3.96. The van der Waals surface area contributed by atoms with Crippen LogP contribution in [0.3, 0.4) is 0 Å². The lowest BCUT2D eigenvalue weighted by atomic mass is 10.0. The molecule has 90 valence electrons. The summed E-state index contributed by atoms with van der Waals surface area (Å²) in [6.07, 6.45) is 0. The molecule has 0 aliphatic heterocycles. The number of nitrogens with zero attached hydrogens (tertiary/aromatic N) is 3. The molecule has 0 saturated carbocycles. The fraction of sp³-hybridized carbons (Fsp3) is 0.214. The highest BCUT2D eigenvalue weighted by Gasteiger charge is 2.04. The van der Waals surface area contributed by atoms with Crippen LogP contribution in [0.4, 0.5) is 0 Å². The number of thioether (sulfide) groups is 1. The summed E-state index contributed by atoms with van der Waals surface area (Å²) in [5.41, 5.74) is 4.41. The number of rotatable bonds is 3. The largest absolute Gasteiger partial charge is 0.197 e. The Morgan fingerprint density at radius 3 is 2.61 bits per heavy atom. The van der Waals surface area contributed by atoms with Crippen LogP contribution >= 0.6 is 11.8 Å². The molecule has 2 rings (SSSR count). The Hall–Kier alpha value is -1.86. The van der Waals surface area contributed by atoms with Gasteiger partial charge >= 0.3 is 0 Å². The molecule has 1 heterocycles. The number of aromatic nitrogens is 2. The first-order chi connectivity index (χ1) is 8.70. The van der Waals surface area contributed by atoms with Crippen LogP contribution < -0.4 is 0 Å². The molecule has 0 spiro atoms. The summed E-state index contributed by atoms with van der Waals surface area (Å²) in [4.78, 5) is 0. The van der Waals surface area contributed by atoms with E-state index in [4.69, 9.17) is 5.26 Å². The quantitative estimate of drug-likeness (QED) is 0.789. The third-order valence-corrected chi connectivity index (χ3v) is 3.37. The summed E-state index contributed by atoms with van der Waals surface area (Å²) >= 11 is 1.40. The van der Waals surface area contributed by atoms with Gasteiger partial charge in [-0.3, -0.25) is 0 Å². The Balaban J connectivity index is 2.26. The molecular formula is C14H13N3S. The van der Waals surface area contributed by atoms with Crippen molar-refractivity contribution in [2.24, 2.45) is 0 Å². The number of benzene rings is 1. The van der Waals surface area contributed by atoms with Crippen LogP contribution in [0.25, 0.3) is 11.3 Å². The first-order valence-electron chi connectivity index (χ1n) is 5.62. The molecule has 1 aromatic carbocycles. The van der Waals surface area contributed by atoms with E-state index in [1.54, 1.807) is 0 Å². The van der Waals surface area contributed by atoms with E-state index >= 15 is 0 Å². The molecule has 0 radical (unpaired) electrons. The monoisotopic (exact) mass is 255 g/mol. The van der Waals surface area contributed by atoms with Gasteiger partial charge in [-0.1, -0.05) is 35.5 Å². The van der Waals surface area contributed by atoms with Gasteiger partial charge in [-0.15, -0.1) is 10.2 Å². The maximum absolute atomic E-state index is 8.50. The predicted octanol–water partition coefficient (Wildman–Crippen LogP) is 3.38. The lowest BCUT2D eigenvalue weighted by Gasteiger charge is -2.06. The summed E-state index contributed by atoms with van der Waals surface area (Å²) in [7, 11) is 0. The Labute approximate surface area is 111 Å². The van der Waals surface area contributed by atoms with Crippen molar-refractivity contribution in [2.75, 3.05) is 5.75 Å². The van der Waals surface area contributed by atoms with E-state index in [-0.39, 0.29) is 0 Å². The number of hydrogen-bond acceptors (Lipinski definition) is 4. The molecule has 0 fully saturated rings. The molecule has 0 N–H and O–H groups in total. The van der Waals surface area contributed by atoms with E-state index in [1.807, 2.05) is 12.1 Å². The van der Waals surface area contributed by atoms with Crippen molar-refractivity contribution >= 4 is 11.8 Å². The second kappa shape index (κ2) is 5.65. The highest BCUT2D eigenvalue weighted by molar-refractivity contribution is 7.99. The molecule has 0 atom stereocenters. The first-order valence-corrected chi connectivity index (χ1v) is 6.60. The minimum atomic E-state index is 0.400. The second-order valence-corrected chi connectivity index (χ2v) is 5.02. The van der Waals surface area contributed by atoms with E-state index < -0.39 is 0 Å². The third-order valence-electron chi connectivity index (χ3n) is 2.58. The normalized spacial score (nSPS) is 10.1. The minimum Gasteiger partial charge on any atom is -0.197 e. The smallest absolute Gasteiger partial charge is 0.120 e. The Morgan fingerprint density at radius 1 is 1.17 bits per heavy atom. The van der Waals surface area contributed by atoms with Crippen molar-refractivity contribution < 1.29 is 0 Å². The third kappa shape index (κ3) is 2.88. The van der Waals surface area contributed by atoms with Crippen LogP contribution in [0.15, 0.2) is 35.4 Å². The summed E-state index contributed by atoms with van der Waals surface area (Å²) in [5, 5.41) is 17.6. The number of aryl methyl sites for hydroxylation is 2. The van der Waals surface area contributed by atoms with E-state index in [9.17, 15) is 0 Å². The van der Waals surface area contributed by atoms with Crippen LogP contribution in [0.1, 0.15) is 11.1 Å². The van der Waals surface area contributed by atoms with E-state index in [2.05, 4.69) is 48.3 Å². The van der Waals surface area contributed by atoms with Gasteiger partial charge in [0.25, 0.3) is 0 Å². The van der Waals surface area contributed by atoms with Crippen molar-refractivity contribution in [1.29, 1.82) is 5.26 Å². The van der Waals surface area contributed by atoms with Crippen LogP contribution in [0.5, 0.6) is 0 Å². The molecule has 3 nitrogen and oxygen atoms in total. The molecule has 0 amide bonds. The van der Waals surface area contributed by atoms with Gasteiger partial charge in [-0.05, 0) is 31.5 Å². The zero-order valence-electron chi connectivity index (χ0n) is 10.3. The van der Waals surface area contributed by atoms with Gasteiger partial charge in [0.2, 0.25) is 0 Å². The highest BCUT2D eigenvalue weighted by Crippen LogP contribution is 2.23. The van der Waals surface area contributed by atoms with Crippen LogP contribution in [0, 0.1) is 25.2 Å². The first kappa shape index (κ1) is 12.6. The molecule has 4 heteroatoms. The van der Waals surface area contributed by atoms with Gasteiger partial charge in [-0.2, -0.15) is 5.26 Å². The van der Waals surface area contributed by atoms with Gasteiger partial charge in [0.1, 0.15) is 5.03 Å². The van der Waals surface area contributed by atoms with Crippen molar-refractivity contribution in [3.05, 3.63) is 41.5 Å². The standard InChI is InChI=1S/C14H13N3S/c1-10-3-4-12(11(2)9-10)13-5-6-14(17-16-13)18-8-7-15/h3-6,9H,8H2,1-2H3. The molecular weight excluding hydrogens is 242 g/mol. The van der Waals surface area contributed by atoms with Crippen molar-refractivity contribution in [3.63, 3.8) is 0 Å². The molecule has 2 aromatic rings. The van der Waals surface area contributed by atoms with E-state index in [1.165, 1.54) is 22.9 Å². The van der Waals surface area contributed by atoms with Crippen LogP contribution in [-0.4, -0.2) is 16.0 Å². The van der Waals surface area contributed by atoms with Crippen molar-refractivity contribution in [2.45, 2.75) is 18.9 Å². The topological polar surface area (TPSA) is 49.6 Å². The number of nitriles is 1. The summed E-state index contributed by atoms with van der Waals surface area (Å²) in [5.74, 6) is 0.400. The van der Waals surface area contributed by atoms with Crippen LogP contribution in [0.2, 0.25) is 0 Å². The van der Waals surface area contributed by atoms with Gasteiger partial charge in [0.05, 0.1) is 17.5 Å². The molecule has 0 saturated heterocycles. The lowest BCUT2D eigenvalue weighted by molar-refractivity contribution is 0.936. The average Bonchev–Trinajstić information content (AvgIpc) is 2.37. The second-order valence-electron chi connectivity index (χ2n) is 4.02. The maximum Gasteiger partial charge on any atom is 0.120 e. The fourth-order valence-corrected chi connectivity index (χ4v) is 2.22. The molecule has 1 aromatic heterocycles. The zero-order chi connectivity index (χ0) is 13.0. The molecule has 0 unspecified atom stereocenters. The summed E-state index contributed by atoms with van der Waals surface area (Å²) in [6.45, 7) is 4.15. The number of hydrogen-bond donors (Lipinski definition) is 0. The van der Waals surface area contributed by atoms with Gasteiger partial charge < -0.3 is 0 Å². The van der Waals surface area contributed by atoms with Gasteiger partial charge in [0, 0.05) is 5.56 Å². The van der Waals surface area contributed by atoms with E-state index in [0.29, 0.717) is 5.75 Å². The maximum atomic E-state index is 8.50. The Bertz CT molecular complexity index is 585. The van der Waals surface area contributed by atoms with Gasteiger partial charge in [0.15, 0.2) is 0 Å². The van der Waals surface area contributed by atoms with Crippen molar-refractivity contribution in [3.8, 4) is 17.3 Å². The fourth-order valence-electron chi connectivity index (χ4n) is 1.75. The predicted molar refractivity (Wildman–Crippen MR) is 73.3 cm³/mol. The molecule has 0 aliphatic rings. The molecule has 0 bridgehead atoms. The molecule has 0 aliphatic carbocycles. The highest BCUT2D eigenvalue weighted by atomic mass is 32.2. The summed E-state index contributed by atoms with van der Waals surface area (Å²) < 4.78 is 0. The summed E-state index contributed by atoms with van der Waals surface area (Å²) in [6, 6.07) is 12.2. The SMILES string of the molecule is Cc1ccc(-c2ccc(SCC#N)nn2)c(C)c1.